The fourth-order valence-electron chi connectivity index (χ4n) is 2.82. The number of hydrogen-bond donors (Lipinski definition) is 1. The van der Waals surface area contributed by atoms with Crippen LogP contribution in [0.4, 0.5) is 11.4 Å². The molecule has 7 heteroatoms. The summed E-state index contributed by atoms with van der Waals surface area (Å²) in [7, 11) is 0. The molecule has 120 valence electrons. The predicted octanol–water partition coefficient (Wildman–Crippen LogP) is 2.10. The number of nitrogens with one attached hydrogen (secondary N) is 1. The normalized spacial score (nSPS) is 17.9. The zero-order valence-corrected chi connectivity index (χ0v) is 12.9. The summed E-state index contributed by atoms with van der Waals surface area (Å²) in [5, 5.41) is 14.3. The SMILES string of the molecule is CCOc1cccc(N2CCCC(NC(C)=O)C2)c1[N+](=O)[O-]. The van der Waals surface area contributed by atoms with E-state index in [2.05, 4.69) is 5.32 Å². The molecule has 1 aliphatic heterocycles. The van der Waals surface area contributed by atoms with Crippen LogP contribution in [0.3, 0.4) is 0 Å². The van der Waals surface area contributed by atoms with Gasteiger partial charge >= 0.3 is 5.69 Å². The average Bonchev–Trinajstić information content (AvgIpc) is 2.46. The molecule has 1 fully saturated rings. The first-order valence-electron chi connectivity index (χ1n) is 7.45. The summed E-state index contributed by atoms with van der Waals surface area (Å²) >= 11 is 0. The van der Waals surface area contributed by atoms with Crippen molar-refractivity contribution in [3.05, 3.63) is 28.3 Å². The van der Waals surface area contributed by atoms with Crippen molar-refractivity contribution in [2.75, 3.05) is 24.6 Å². The molecule has 0 bridgehead atoms. The van der Waals surface area contributed by atoms with E-state index in [0.29, 0.717) is 18.8 Å². The maximum Gasteiger partial charge on any atom is 0.333 e. The largest absolute Gasteiger partial charge is 0.487 e. The summed E-state index contributed by atoms with van der Waals surface area (Å²) in [6, 6.07) is 5.12. The lowest BCUT2D eigenvalue weighted by molar-refractivity contribution is -0.385. The molecule has 1 saturated heterocycles. The van der Waals surface area contributed by atoms with Crippen molar-refractivity contribution >= 4 is 17.3 Å². The van der Waals surface area contributed by atoms with Gasteiger partial charge in [-0.2, -0.15) is 0 Å². The maximum atomic E-state index is 11.4. The number of hydrogen-bond acceptors (Lipinski definition) is 5. The van der Waals surface area contributed by atoms with Crippen LogP contribution < -0.4 is 15.0 Å². The first-order chi connectivity index (χ1) is 10.5. The minimum Gasteiger partial charge on any atom is -0.487 e. The number of rotatable bonds is 5. The third-order valence-electron chi connectivity index (χ3n) is 3.63. The molecule has 1 aromatic rings. The van der Waals surface area contributed by atoms with Gasteiger partial charge in [-0.15, -0.1) is 0 Å². The molecule has 1 atom stereocenters. The van der Waals surface area contributed by atoms with Gasteiger partial charge in [0.15, 0.2) is 5.75 Å². The van der Waals surface area contributed by atoms with Crippen molar-refractivity contribution in [3.63, 3.8) is 0 Å². The molecule has 0 saturated carbocycles. The molecule has 1 N–H and O–H groups in total. The highest BCUT2D eigenvalue weighted by molar-refractivity contribution is 5.74. The van der Waals surface area contributed by atoms with E-state index < -0.39 is 4.92 Å². The van der Waals surface area contributed by atoms with E-state index in [1.165, 1.54) is 6.92 Å². The number of benzene rings is 1. The topological polar surface area (TPSA) is 84.7 Å². The van der Waals surface area contributed by atoms with Crippen molar-refractivity contribution in [2.24, 2.45) is 0 Å². The Morgan fingerprint density at radius 3 is 2.95 bits per heavy atom. The standard InChI is InChI=1S/C15H21N3O4/c1-3-22-14-8-4-7-13(15(14)18(20)21)17-9-5-6-12(10-17)16-11(2)19/h4,7-8,12H,3,5-6,9-10H2,1-2H3,(H,16,19). The van der Waals surface area contributed by atoms with Gasteiger partial charge in [-0.05, 0) is 31.9 Å². The summed E-state index contributed by atoms with van der Waals surface area (Å²) in [4.78, 5) is 24.2. The minimum absolute atomic E-state index is 0.00664. The molecular weight excluding hydrogens is 286 g/mol. The first kappa shape index (κ1) is 16.1. The van der Waals surface area contributed by atoms with Crippen LogP contribution in [-0.2, 0) is 4.79 Å². The number of nitro groups is 1. The van der Waals surface area contributed by atoms with Crippen LogP contribution in [0.2, 0.25) is 0 Å². The molecule has 7 nitrogen and oxygen atoms in total. The lowest BCUT2D eigenvalue weighted by Gasteiger charge is -2.34. The van der Waals surface area contributed by atoms with Crippen molar-refractivity contribution in [1.82, 2.24) is 5.32 Å². The van der Waals surface area contributed by atoms with Gasteiger partial charge in [-0.3, -0.25) is 14.9 Å². The second kappa shape index (κ2) is 7.11. The number of nitrogens with zero attached hydrogens (tertiary/aromatic N) is 2. The Bertz CT molecular complexity index is 562. The minimum atomic E-state index is -0.400. The third kappa shape index (κ3) is 3.66. The average molecular weight is 307 g/mol. The maximum absolute atomic E-state index is 11.4. The number of carbonyl (C=O) groups is 1. The highest BCUT2D eigenvalue weighted by Gasteiger charge is 2.28. The lowest BCUT2D eigenvalue weighted by Crippen LogP contribution is -2.47. The van der Waals surface area contributed by atoms with E-state index in [9.17, 15) is 14.9 Å². The molecule has 0 aromatic heterocycles. The molecule has 0 aliphatic carbocycles. The lowest BCUT2D eigenvalue weighted by atomic mass is 10.0. The Balaban J connectivity index is 2.29. The first-order valence-corrected chi connectivity index (χ1v) is 7.45. The molecule has 1 aromatic carbocycles. The van der Waals surface area contributed by atoms with Crippen LogP contribution in [0, 0.1) is 10.1 Å². The van der Waals surface area contributed by atoms with Crippen molar-refractivity contribution in [2.45, 2.75) is 32.7 Å². The van der Waals surface area contributed by atoms with Crippen LogP contribution in [0.15, 0.2) is 18.2 Å². The molecule has 22 heavy (non-hydrogen) atoms. The molecule has 0 spiro atoms. The van der Waals surface area contributed by atoms with Gasteiger partial charge in [0.2, 0.25) is 5.91 Å². The van der Waals surface area contributed by atoms with E-state index in [0.717, 1.165) is 19.4 Å². The summed E-state index contributed by atoms with van der Waals surface area (Å²) in [6.45, 7) is 4.95. The van der Waals surface area contributed by atoms with Crippen LogP contribution >= 0.6 is 0 Å². The van der Waals surface area contributed by atoms with Gasteiger partial charge < -0.3 is 15.0 Å². The Morgan fingerprint density at radius 2 is 2.32 bits per heavy atom. The molecule has 0 radical (unpaired) electrons. The smallest absolute Gasteiger partial charge is 0.333 e. The number of piperidine rings is 1. The zero-order chi connectivity index (χ0) is 16.1. The number of carbonyl (C=O) groups excluding carboxylic acids is 1. The fraction of sp³-hybridized carbons (Fsp3) is 0.533. The van der Waals surface area contributed by atoms with Gasteiger partial charge in [0.1, 0.15) is 5.69 Å². The number of amides is 1. The Labute approximate surface area is 129 Å². The Hall–Kier alpha value is -2.31. The van der Waals surface area contributed by atoms with Crippen LogP contribution in [0.5, 0.6) is 5.75 Å². The van der Waals surface area contributed by atoms with Crippen molar-refractivity contribution in [3.8, 4) is 5.75 Å². The van der Waals surface area contributed by atoms with E-state index in [4.69, 9.17) is 4.74 Å². The fourth-order valence-corrected chi connectivity index (χ4v) is 2.82. The summed E-state index contributed by atoms with van der Waals surface area (Å²) < 4.78 is 5.38. The van der Waals surface area contributed by atoms with E-state index in [1.807, 2.05) is 4.90 Å². The summed E-state index contributed by atoms with van der Waals surface area (Å²) in [5.41, 5.74) is 0.541. The zero-order valence-electron chi connectivity index (χ0n) is 12.9. The molecule has 2 rings (SSSR count). The van der Waals surface area contributed by atoms with E-state index in [-0.39, 0.29) is 23.4 Å². The monoisotopic (exact) mass is 307 g/mol. The number of nitro benzene ring substituents is 1. The second-order valence-corrected chi connectivity index (χ2v) is 5.30. The van der Waals surface area contributed by atoms with E-state index in [1.54, 1.807) is 25.1 Å². The summed E-state index contributed by atoms with van der Waals surface area (Å²) in [6.07, 6.45) is 1.76. The predicted molar refractivity (Wildman–Crippen MR) is 83.3 cm³/mol. The third-order valence-corrected chi connectivity index (χ3v) is 3.63. The Kier molecular flexibility index (Phi) is 5.19. The van der Waals surface area contributed by atoms with Crippen LogP contribution in [0.1, 0.15) is 26.7 Å². The number of anilines is 1. The van der Waals surface area contributed by atoms with Crippen LogP contribution in [0.25, 0.3) is 0 Å². The van der Waals surface area contributed by atoms with Crippen LogP contribution in [-0.4, -0.2) is 36.6 Å². The number of ether oxygens (including phenoxy) is 1. The van der Waals surface area contributed by atoms with E-state index >= 15 is 0 Å². The van der Waals surface area contributed by atoms with Gasteiger partial charge in [-0.1, -0.05) is 6.07 Å². The molecule has 1 aliphatic rings. The molecule has 1 amide bonds. The summed E-state index contributed by atoms with van der Waals surface area (Å²) in [5.74, 6) is 0.205. The number of para-hydroxylation sites is 1. The van der Waals surface area contributed by atoms with Gasteiger partial charge in [0.05, 0.1) is 11.5 Å². The quantitative estimate of drug-likeness (QED) is 0.665. The van der Waals surface area contributed by atoms with Crippen molar-refractivity contribution in [1.29, 1.82) is 0 Å². The van der Waals surface area contributed by atoms with Crippen molar-refractivity contribution < 1.29 is 14.5 Å². The highest BCUT2D eigenvalue weighted by atomic mass is 16.6. The second-order valence-electron chi connectivity index (χ2n) is 5.30. The van der Waals surface area contributed by atoms with Gasteiger partial charge in [0, 0.05) is 26.1 Å². The molecular formula is C15H21N3O4. The Morgan fingerprint density at radius 1 is 1.55 bits per heavy atom. The molecule has 1 unspecified atom stereocenters. The van der Waals surface area contributed by atoms with Gasteiger partial charge in [-0.25, -0.2) is 0 Å². The highest BCUT2D eigenvalue weighted by Crippen LogP contribution is 2.38. The van der Waals surface area contributed by atoms with Gasteiger partial charge in [0.25, 0.3) is 0 Å². The molecule has 1 heterocycles.